The number of rotatable bonds is 6. The van der Waals surface area contributed by atoms with Gasteiger partial charge in [-0.3, -0.25) is 4.68 Å². The van der Waals surface area contributed by atoms with Crippen molar-refractivity contribution in [3.63, 3.8) is 0 Å². The second kappa shape index (κ2) is 6.85. The summed E-state index contributed by atoms with van der Waals surface area (Å²) >= 11 is 0. The van der Waals surface area contributed by atoms with Crippen LogP contribution in [0.2, 0.25) is 0 Å². The number of aryl methyl sites for hydroxylation is 1. The molecule has 3 nitrogen and oxygen atoms in total. The number of nitrogens with zero attached hydrogens (tertiary/aromatic N) is 2. The fraction of sp³-hybridized carbons (Fsp3) is 0.471. The lowest BCUT2D eigenvalue weighted by atomic mass is 10.1. The van der Waals surface area contributed by atoms with E-state index < -0.39 is 0 Å². The highest BCUT2D eigenvalue weighted by Crippen LogP contribution is 2.15. The van der Waals surface area contributed by atoms with Gasteiger partial charge in [-0.2, -0.15) is 5.10 Å². The van der Waals surface area contributed by atoms with E-state index in [0.717, 1.165) is 30.0 Å². The zero-order valence-electron chi connectivity index (χ0n) is 13.3. The molecule has 0 amide bonds. The number of halogens is 1. The molecule has 0 aliphatic carbocycles. The number of hydrogen-bond acceptors (Lipinski definition) is 2. The molecule has 1 aromatic carbocycles. The molecule has 4 heteroatoms. The minimum Gasteiger partial charge on any atom is -0.312 e. The molecule has 1 aromatic heterocycles. The normalized spacial score (nSPS) is 11.3. The Morgan fingerprint density at radius 2 is 2.05 bits per heavy atom. The van der Waals surface area contributed by atoms with Gasteiger partial charge in [0.25, 0.3) is 0 Å². The molecule has 114 valence electrons. The van der Waals surface area contributed by atoms with Crippen molar-refractivity contribution in [3.8, 4) is 0 Å². The van der Waals surface area contributed by atoms with Crippen LogP contribution in [0, 0.1) is 25.6 Å². The van der Waals surface area contributed by atoms with E-state index in [4.69, 9.17) is 0 Å². The Bertz CT molecular complexity index is 602. The van der Waals surface area contributed by atoms with Crippen molar-refractivity contribution in [1.82, 2.24) is 15.1 Å². The van der Waals surface area contributed by atoms with Crippen LogP contribution in [0.4, 0.5) is 4.39 Å². The minimum atomic E-state index is -0.201. The first-order chi connectivity index (χ1) is 9.97. The molecular weight excluding hydrogens is 265 g/mol. The van der Waals surface area contributed by atoms with Crippen molar-refractivity contribution in [2.24, 2.45) is 5.92 Å². The zero-order chi connectivity index (χ0) is 15.4. The lowest BCUT2D eigenvalue weighted by Crippen LogP contribution is -2.19. The maximum absolute atomic E-state index is 13.3. The van der Waals surface area contributed by atoms with Crippen LogP contribution in [-0.4, -0.2) is 16.3 Å². The van der Waals surface area contributed by atoms with Gasteiger partial charge in [-0.25, -0.2) is 4.39 Å². The summed E-state index contributed by atoms with van der Waals surface area (Å²) in [6.45, 7) is 10.9. The zero-order valence-corrected chi connectivity index (χ0v) is 13.3. The van der Waals surface area contributed by atoms with E-state index in [-0.39, 0.29) is 5.82 Å². The Kier molecular flexibility index (Phi) is 5.12. The van der Waals surface area contributed by atoms with E-state index >= 15 is 0 Å². The standard InChI is InChI=1S/C17H24FN3/c1-12(2)9-19-10-17-13(3)20-21(14(17)4)11-15-6-5-7-16(18)8-15/h5-8,12,19H,9-11H2,1-4H3. The molecular formula is C17H24FN3. The Morgan fingerprint density at radius 3 is 2.71 bits per heavy atom. The van der Waals surface area contributed by atoms with Gasteiger partial charge in [0.1, 0.15) is 5.82 Å². The highest BCUT2D eigenvalue weighted by atomic mass is 19.1. The summed E-state index contributed by atoms with van der Waals surface area (Å²) in [4.78, 5) is 0. The van der Waals surface area contributed by atoms with Crippen LogP contribution in [0.15, 0.2) is 24.3 Å². The predicted molar refractivity (Wildman–Crippen MR) is 83.7 cm³/mol. The molecule has 0 aliphatic heterocycles. The third-order valence-electron chi connectivity index (χ3n) is 3.61. The molecule has 0 spiro atoms. The second-order valence-corrected chi connectivity index (χ2v) is 5.96. The average Bonchev–Trinajstić information content (AvgIpc) is 2.66. The fourth-order valence-electron chi connectivity index (χ4n) is 2.44. The summed E-state index contributed by atoms with van der Waals surface area (Å²) in [5, 5.41) is 8.04. The van der Waals surface area contributed by atoms with Crippen LogP contribution in [0.3, 0.4) is 0 Å². The van der Waals surface area contributed by atoms with E-state index in [1.54, 1.807) is 12.1 Å². The number of benzene rings is 1. The first-order valence-corrected chi connectivity index (χ1v) is 7.45. The smallest absolute Gasteiger partial charge is 0.123 e. The molecule has 0 unspecified atom stereocenters. The van der Waals surface area contributed by atoms with Gasteiger partial charge >= 0.3 is 0 Å². The lowest BCUT2D eigenvalue weighted by molar-refractivity contribution is 0.550. The van der Waals surface area contributed by atoms with E-state index in [1.807, 2.05) is 17.7 Å². The van der Waals surface area contributed by atoms with Gasteiger partial charge in [0.05, 0.1) is 12.2 Å². The Balaban J connectivity index is 2.11. The number of hydrogen-bond donors (Lipinski definition) is 1. The summed E-state index contributed by atoms with van der Waals surface area (Å²) in [5.41, 5.74) is 4.36. The van der Waals surface area contributed by atoms with Crippen molar-refractivity contribution in [2.75, 3.05) is 6.54 Å². The van der Waals surface area contributed by atoms with E-state index in [9.17, 15) is 4.39 Å². The molecule has 2 aromatic rings. The number of aromatic nitrogens is 2. The van der Waals surface area contributed by atoms with Gasteiger partial charge in [-0.05, 0) is 44.0 Å². The summed E-state index contributed by atoms with van der Waals surface area (Å²) in [7, 11) is 0. The molecule has 1 N–H and O–H groups in total. The molecule has 0 bridgehead atoms. The predicted octanol–water partition coefficient (Wildman–Crippen LogP) is 3.43. The molecule has 0 fully saturated rings. The Hall–Kier alpha value is -1.68. The van der Waals surface area contributed by atoms with Gasteiger partial charge < -0.3 is 5.32 Å². The van der Waals surface area contributed by atoms with Crippen LogP contribution < -0.4 is 5.32 Å². The van der Waals surface area contributed by atoms with Crippen molar-refractivity contribution in [1.29, 1.82) is 0 Å². The monoisotopic (exact) mass is 289 g/mol. The van der Waals surface area contributed by atoms with Gasteiger partial charge in [0, 0.05) is 17.8 Å². The third kappa shape index (κ3) is 4.14. The summed E-state index contributed by atoms with van der Waals surface area (Å²) in [6, 6.07) is 6.69. The van der Waals surface area contributed by atoms with Crippen LogP contribution in [0.1, 0.15) is 36.4 Å². The SMILES string of the molecule is Cc1nn(Cc2cccc(F)c2)c(C)c1CNCC(C)C. The van der Waals surface area contributed by atoms with E-state index in [1.165, 1.54) is 11.6 Å². The Morgan fingerprint density at radius 1 is 1.29 bits per heavy atom. The maximum Gasteiger partial charge on any atom is 0.123 e. The molecule has 2 rings (SSSR count). The van der Waals surface area contributed by atoms with Crippen molar-refractivity contribution < 1.29 is 4.39 Å². The molecule has 1 heterocycles. The van der Waals surface area contributed by atoms with Gasteiger partial charge in [-0.1, -0.05) is 26.0 Å². The maximum atomic E-state index is 13.3. The first kappa shape index (κ1) is 15.7. The molecule has 0 aliphatic rings. The van der Waals surface area contributed by atoms with Crippen molar-refractivity contribution in [3.05, 3.63) is 52.6 Å². The third-order valence-corrected chi connectivity index (χ3v) is 3.61. The average molecular weight is 289 g/mol. The summed E-state index contributed by atoms with van der Waals surface area (Å²) < 4.78 is 15.2. The van der Waals surface area contributed by atoms with Crippen LogP contribution in [-0.2, 0) is 13.1 Å². The topological polar surface area (TPSA) is 29.9 Å². The molecule has 21 heavy (non-hydrogen) atoms. The second-order valence-electron chi connectivity index (χ2n) is 5.96. The molecule has 0 radical (unpaired) electrons. The van der Waals surface area contributed by atoms with Gasteiger partial charge in [-0.15, -0.1) is 0 Å². The highest BCUT2D eigenvalue weighted by molar-refractivity contribution is 5.26. The number of nitrogens with one attached hydrogen (secondary N) is 1. The fourth-order valence-corrected chi connectivity index (χ4v) is 2.44. The van der Waals surface area contributed by atoms with Crippen molar-refractivity contribution >= 4 is 0 Å². The van der Waals surface area contributed by atoms with Crippen LogP contribution >= 0.6 is 0 Å². The summed E-state index contributed by atoms with van der Waals surface area (Å²) in [6.07, 6.45) is 0. The quantitative estimate of drug-likeness (QED) is 0.883. The van der Waals surface area contributed by atoms with Crippen molar-refractivity contribution in [2.45, 2.75) is 40.8 Å². The Labute approximate surface area is 126 Å². The van der Waals surface area contributed by atoms with Crippen LogP contribution in [0.5, 0.6) is 0 Å². The van der Waals surface area contributed by atoms with Gasteiger partial charge in [0.15, 0.2) is 0 Å². The summed E-state index contributed by atoms with van der Waals surface area (Å²) in [5.74, 6) is 0.431. The van der Waals surface area contributed by atoms with E-state index in [0.29, 0.717) is 12.5 Å². The molecule has 0 atom stereocenters. The lowest BCUT2D eigenvalue weighted by Gasteiger charge is -2.08. The highest BCUT2D eigenvalue weighted by Gasteiger charge is 2.11. The van der Waals surface area contributed by atoms with Crippen LogP contribution in [0.25, 0.3) is 0 Å². The molecule has 0 saturated carbocycles. The van der Waals surface area contributed by atoms with E-state index in [2.05, 4.69) is 31.2 Å². The largest absolute Gasteiger partial charge is 0.312 e. The molecule has 0 saturated heterocycles. The van der Waals surface area contributed by atoms with Gasteiger partial charge in [0.2, 0.25) is 0 Å². The first-order valence-electron chi connectivity index (χ1n) is 7.45. The minimum absolute atomic E-state index is 0.201.